The Balaban J connectivity index is 3.05. The predicted octanol–water partition coefficient (Wildman–Crippen LogP) is 3.47. The predicted molar refractivity (Wildman–Crippen MR) is 163 cm³/mol. The van der Waals surface area contributed by atoms with Gasteiger partial charge in [0.2, 0.25) is 0 Å². The van der Waals surface area contributed by atoms with Crippen LogP contribution in [0.25, 0.3) is 0 Å². The molecule has 0 bridgehead atoms. The third-order valence-corrected chi connectivity index (χ3v) is 5.75. The lowest BCUT2D eigenvalue weighted by Gasteiger charge is -2.09. The Labute approximate surface area is 260 Å². The van der Waals surface area contributed by atoms with E-state index >= 15 is 0 Å². The lowest BCUT2D eigenvalue weighted by molar-refractivity contribution is -0.144. The third-order valence-electron chi connectivity index (χ3n) is 5.75. The molecule has 0 aliphatic rings. The highest BCUT2D eigenvalue weighted by atomic mass is 16.6. The van der Waals surface area contributed by atoms with Gasteiger partial charge in [0.1, 0.15) is 0 Å². The van der Waals surface area contributed by atoms with E-state index in [-0.39, 0.29) is 12.4 Å². The average molecular weight is 627 g/mol. The van der Waals surface area contributed by atoms with Crippen molar-refractivity contribution in [1.29, 1.82) is 0 Å². The van der Waals surface area contributed by atoms with Gasteiger partial charge < -0.3 is 52.1 Å². The lowest BCUT2D eigenvalue weighted by atomic mass is 10.1. The summed E-state index contributed by atoms with van der Waals surface area (Å²) in [5, 5.41) is 0. The molecule has 0 aromatic carbocycles. The van der Waals surface area contributed by atoms with E-state index in [9.17, 15) is 4.79 Å². The molecule has 0 N–H and O–H groups in total. The van der Waals surface area contributed by atoms with E-state index in [0.29, 0.717) is 132 Å². The Morgan fingerprint density at radius 1 is 0.349 bits per heavy atom. The summed E-state index contributed by atoms with van der Waals surface area (Å²) in [7, 11) is 0. The normalized spacial score (nSPS) is 11.4. The van der Waals surface area contributed by atoms with Crippen LogP contribution in [0, 0.1) is 0 Å². The minimum absolute atomic E-state index is 0.247. The maximum absolute atomic E-state index is 11.1. The van der Waals surface area contributed by atoms with Crippen LogP contribution in [0.4, 0.5) is 0 Å². The number of carbonyl (C=O) groups is 1. The molecule has 0 amide bonds. The van der Waals surface area contributed by atoms with Crippen molar-refractivity contribution < 1.29 is 56.9 Å². The van der Waals surface area contributed by atoms with Gasteiger partial charge >= 0.3 is 5.97 Å². The first-order chi connectivity index (χ1) is 21.3. The lowest BCUT2D eigenvalue weighted by Crippen LogP contribution is -2.15. The number of esters is 1. The second-order valence-corrected chi connectivity index (χ2v) is 9.45. The van der Waals surface area contributed by atoms with E-state index in [1.165, 1.54) is 32.1 Å². The number of ether oxygens (including phenoxy) is 11. The number of unbranched alkanes of at least 4 members (excludes halogenated alkanes) is 5. The van der Waals surface area contributed by atoms with Crippen LogP contribution in [0.1, 0.15) is 58.8 Å². The second kappa shape index (κ2) is 39.1. The Morgan fingerprint density at radius 3 is 0.953 bits per heavy atom. The first-order valence-corrected chi connectivity index (χ1v) is 16.2. The zero-order chi connectivity index (χ0) is 31.2. The van der Waals surface area contributed by atoms with Gasteiger partial charge in [-0.2, -0.15) is 0 Å². The maximum Gasteiger partial charge on any atom is 0.308 e. The van der Waals surface area contributed by atoms with Crippen molar-refractivity contribution in [3.05, 3.63) is 0 Å². The van der Waals surface area contributed by atoms with Crippen molar-refractivity contribution in [2.75, 3.05) is 139 Å². The Kier molecular flexibility index (Phi) is 38.2. The molecular formula is C31H62O12. The molecule has 0 aliphatic carbocycles. The summed E-state index contributed by atoms with van der Waals surface area (Å²) in [4.78, 5) is 11.1. The minimum atomic E-state index is -0.247. The molecule has 0 aliphatic heterocycles. The molecule has 0 atom stereocenters. The van der Waals surface area contributed by atoms with E-state index in [1.807, 2.05) is 0 Å². The standard InChI is InChI=1S/C31H62O12/c1-3-5-6-7-8-9-11-33-13-15-35-17-19-37-21-23-39-25-27-41-29-30-42-28-26-40-24-22-38-20-18-36-16-14-34-12-10-31(32)43-4-2/h3-30H2,1-2H3. The van der Waals surface area contributed by atoms with Crippen LogP contribution in [-0.4, -0.2) is 145 Å². The topological polar surface area (TPSA) is 119 Å². The molecule has 0 unspecified atom stereocenters. The van der Waals surface area contributed by atoms with Crippen molar-refractivity contribution in [1.82, 2.24) is 0 Å². The van der Waals surface area contributed by atoms with Crippen molar-refractivity contribution >= 4 is 5.97 Å². The van der Waals surface area contributed by atoms with Crippen LogP contribution in [0.3, 0.4) is 0 Å². The third kappa shape index (κ3) is 39.0. The van der Waals surface area contributed by atoms with Gasteiger partial charge in [0.15, 0.2) is 0 Å². The van der Waals surface area contributed by atoms with Gasteiger partial charge in [-0.15, -0.1) is 0 Å². The number of hydrogen-bond donors (Lipinski definition) is 0. The number of rotatable bonds is 38. The molecule has 0 rings (SSSR count). The summed E-state index contributed by atoms with van der Waals surface area (Å²) in [6.45, 7) is 14.9. The Bertz CT molecular complexity index is 527. The highest BCUT2D eigenvalue weighted by molar-refractivity contribution is 5.69. The molecule has 43 heavy (non-hydrogen) atoms. The highest BCUT2D eigenvalue weighted by Gasteiger charge is 2.01. The highest BCUT2D eigenvalue weighted by Crippen LogP contribution is 2.04. The van der Waals surface area contributed by atoms with Gasteiger partial charge in [-0.3, -0.25) is 4.79 Å². The summed E-state index contributed by atoms with van der Waals surface area (Å²) in [6, 6.07) is 0. The van der Waals surface area contributed by atoms with E-state index in [4.69, 9.17) is 52.1 Å². The molecule has 0 spiro atoms. The quantitative estimate of drug-likeness (QED) is 0.0738. The molecule has 12 nitrogen and oxygen atoms in total. The molecular weight excluding hydrogens is 564 g/mol. The summed E-state index contributed by atoms with van der Waals surface area (Å²) in [6.07, 6.45) is 7.93. The summed E-state index contributed by atoms with van der Waals surface area (Å²) in [5.74, 6) is -0.247. The molecule has 0 saturated carbocycles. The molecule has 0 aromatic rings. The smallest absolute Gasteiger partial charge is 0.308 e. The Hall–Kier alpha value is -0.930. The van der Waals surface area contributed by atoms with Crippen LogP contribution in [0.5, 0.6) is 0 Å². The average Bonchev–Trinajstić information content (AvgIpc) is 3.01. The van der Waals surface area contributed by atoms with Gasteiger partial charge in [-0.25, -0.2) is 0 Å². The molecule has 0 aromatic heterocycles. The number of hydrogen-bond acceptors (Lipinski definition) is 12. The summed E-state index contributed by atoms with van der Waals surface area (Å²) in [5.41, 5.74) is 0. The van der Waals surface area contributed by atoms with E-state index in [2.05, 4.69) is 6.92 Å². The zero-order valence-corrected chi connectivity index (χ0v) is 27.2. The van der Waals surface area contributed by atoms with Gasteiger partial charge in [0.05, 0.1) is 139 Å². The molecule has 0 heterocycles. The van der Waals surface area contributed by atoms with Gasteiger partial charge in [0, 0.05) is 6.61 Å². The van der Waals surface area contributed by atoms with E-state index < -0.39 is 0 Å². The van der Waals surface area contributed by atoms with Crippen molar-refractivity contribution in [2.24, 2.45) is 0 Å². The zero-order valence-electron chi connectivity index (χ0n) is 27.2. The van der Waals surface area contributed by atoms with Gasteiger partial charge in [0.25, 0.3) is 0 Å². The fourth-order valence-electron chi connectivity index (χ4n) is 3.45. The van der Waals surface area contributed by atoms with Crippen molar-refractivity contribution in [2.45, 2.75) is 58.8 Å². The van der Waals surface area contributed by atoms with Crippen molar-refractivity contribution in [3.8, 4) is 0 Å². The van der Waals surface area contributed by atoms with E-state index in [1.54, 1.807) is 6.92 Å². The maximum atomic E-state index is 11.1. The van der Waals surface area contributed by atoms with Crippen molar-refractivity contribution in [3.63, 3.8) is 0 Å². The largest absolute Gasteiger partial charge is 0.466 e. The molecule has 258 valence electrons. The summed E-state index contributed by atoms with van der Waals surface area (Å²) < 4.78 is 59.4. The van der Waals surface area contributed by atoms with Gasteiger partial charge in [-0.05, 0) is 13.3 Å². The molecule has 0 radical (unpaired) electrons. The fraction of sp³-hybridized carbons (Fsp3) is 0.968. The van der Waals surface area contributed by atoms with Crippen LogP contribution in [0.2, 0.25) is 0 Å². The van der Waals surface area contributed by atoms with Crippen LogP contribution >= 0.6 is 0 Å². The number of carbonyl (C=O) groups excluding carboxylic acids is 1. The first kappa shape index (κ1) is 42.1. The summed E-state index contributed by atoms with van der Waals surface area (Å²) >= 11 is 0. The molecule has 0 fully saturated rings. The minimum Gasteiger partial charge on any atom is -0.466 e. The van der Waals surface area contributed by atoms with E-state index in [0.717, 1.165) is 13.0 Å². The van der Waals surface area contributed by atoms with Crippen LogP contribution < -0.4 is 0 Å². The molecule has 0 saturated heterocycles. The second-order valence-electron chi connectivity index (χ2n) is 9.45. The van der Waals surface area contributed by atoms with Gasteiger partial charge in [-0.1, -0.05) is 39.0 Å². The van der Waals surface area contributed by atoms with Crippen LogP contribution in [0.15, 0.2) is 0 Å². The Morgan fingerprint density at radius 2 is 0.628 bits per heavy atom. The first-order valence-electron chi connectivity index (χ1n) is 16.2. The monoisotopic (exact) mass is 626 g/mol. The molecule has 12 heteroatoms. The SMILES string of the molecule is CCCCCCCCOCCOCCOCCOCCOCCOCCOCCOCCOCCOCCC(=O)OCC. The van der Waals surface area contributed by atoms with Crippen LogP contribution in [-0.2, 0) is 56.9 Å². The fourth-order valence-corrected chi connectivity index (χ4v) is 3.45.